The molecule has 20 heavy (non-hydrogen) atoms. The fraction of sp³-hybridized carbons (Fsp3) is 0.882. The predicted octanol–water partition coefficient (Wildman–Crippen LogP) is 2.51. The minimum absolute atomic E-state index is 0.0309. The first-order valence-electron chi connectivity index (χ1n) is 8.19. The summed E-state index contributed by atoms with van der Waals surface area (Å²) in [6.45, 7) is 2.10. The lowest BCUT2D eigenvalue weighted by Gasteiger charge is -2.62. The smallest absolute Gasteiger partial charge is 0.156 e. The topological polar surface area (TPSA) is 27.5 Å². The average Bonchev–Trinajstić information content (AvgIpc) is 2.68. The molecule has 0 aromatic carbocycles. The highest BCUT2D eigenvalue weighted by molar-refractivity contribution is 9.09. The van der Waals surface area contributed by atoms with E-state index in [1.165, 1.54) is 32.1 Å². The molecule has 0 aromatic rings. The third-order valence-electron chi connectivity index (χ3n) is 6.99. The van der Waals surface area contributed by atoms with Gasteiger partial charge in [-0.3, -0.25) is 0 Å². The van der Waals surface area contributed by atoms with Crippen molar-refractivity contribution in [1.82, 2.24) is 0 Å². The van der Waals surface area contributed by atoms with Crippen molar-refractivity contribution >= 4 is 15.9 Å². The summed E-state index contributed by atoms with van der Waals surface area (Å²) in [6, 6.07) is 0. The maximum atomic E-state index is 13.3. The number of quaternary nitrogens is 1. The minimum atomic E-state index is -0.358. The van der Waals surface area contributed by atoms with Crippen molar-refractivity contribution in [2.75, 3.05) is 5.33 Å². The van der Waals surface area contributed by atoms with Crippen molar-refractivity contribution in [1.29, 1.82) is 0 Å². The monoisotopic (exact) mass is 337 g/mol. The molecular formula is C17H24BrNO. The first kappa shape index (κ1) is 13.6. The summed E-state index contributed by atoms with van der Waals surface area (Å²) in [5, 5.41) is 14.5. The van der Waals surface area contributed by atoms with E-state index in [2.05, 4.69) is 34.7 Å². The number of hydrogen-bond donors (Lipinski definition) is 1. The van der Waals surface area contributed by atoms with Crippen molar-refractivity contribution in [3.05, 3.63) is 5.21 Å². The highest BCUT2D eigenvalue weighted by Gasteiger charge is 2.66. The molecule has 1 heterocycles. The number of hydrogen-bond acceptors (Lipinski definition) is 1. The van der Waals surface area contributed by atoms with Crippen LogP contribution in [0.3, 0.4) is 0 Å². The van der Waals surface area contributed by atoms with E-state index < -0.39 is 0 Å². The van der Waals surface area contributed by atoms with Gasteiger partial charge in [-0.1, -0.05) is 21.9 Å². The van der Waals surface area contributed by atoms with Crippen LogP contribution in [-0.4, -0.2) is 16.4 Å². The van der Waals surface area contributed by atoms with Crippen molar-refractivity contribution in [2.45, 2.75) is 62.9 Å². The predicted molar refractivity (Wildman–Crippen MR) is 83.3 cm³/mol. The normalized spacial score (nSPS) is 56.0. The van der Waals surface area contributed by atoms with Crippen LogP contribution in [0.25, 0.3) is 0 Å². The molecule has 1 aliphatic heterocycles. The molecule has 3 heteroatoms. The van der Waals surface area contributed by atoms with Crippen LogP contribution in [0, 0.1) is 40.7 Å². The van der Waals surface area contributed by atoms with Gasteiger partial charge in [-0.05, 0) is 49.9 Å². The summed E-state index contributed by atoms with van der Waals surface area (Å²) in [5.74, 6) is 9.68. The lowest BCUT2D eigenvalue weighted by atomic mass is 9.48. The molecule has 2 atom stereocenters. The van der Waals surface area contributed by atoms with Crippen LogP contribution >= 0.6 is 15.9 Å². The molecule has 5 aliphatic rings. The van der Waals surface area contributed by atoms with Crippen molar-refractivity contribution in [3.8, 4) is 11.8 Å². The van der Waals surface area contributed by atoms with E-state index in [0.29, 0.717) is 22.2 Å². The van der Waals surface area contributed by atoms with Crippen LogP contribution in [0.5, 0.6) is 0 Å². The molecule has 1 saturated heterocycles. The molecule has 1 N–H and O–H groups in total. The molecule has 5 fully saturated rings. The number of nitrogens with one attached hydrogen (secondary N) is 1. The Bertz CT molecular complexity index is 451. The first-order chi connectivity index (χ1) is 9.58. The molecule has 4 aliphatic carbocycles. The van der Waals surface area contributed by atoms with E-state index in [4.69, 9.17) is 0 Å². The van der Waals surface area contributed by atoms with Crippen molar-refractivity contribution in [2.24, 2.45) is 23.7 Å². The summed E-state index contributed by atoms with van der Waals surface area (Å²) in [7, 11) is 0. The molecule has 2 unspecified atom stereocenters. The van der Waals surface area contributed by atoms with Crippen molar-refractivity contribution < 1.29 is 5.06 Å². The van der Waals surface area contributed by atoms with Gasteiger partial charge < -0.3 is 10.3 Å². The van der Waals surface area contributed by atoms with Crippen LogP contribution in [0.1, 0.15) is 51.9 Å². The molecular weight excluding hydrogens is 314 g/mol. The van der Waals surface area contributed by atoms with Gasteiger partial charge in [-0.25, -0.2) is 0 Å². The number of alkyl halides is 1. The van der Waals surface area contributed by atoms with Crippen molar-refractivity contribution in [3.63, 3.8) is 0 Å². The van der Waals surface area contributed by atoms with E-state index >= 15 is 0 Å². The molecule has 0 radical (unpaired) electrons. The number of hydroxylamine groups is 2. The second-order valence-electron chi connectivity index (χ2n) is 7.94. The quantitative estimate of drug-likeness (QED) is 0.410. The lowest BCUT2D eigenvalue weighted by Crippen LogP contribution is -3.22. The Morgan fingerprint density at radius 3 is 2.25 bits per heavy atom. The zero-order valence-electron chi connectivity index (χ0n) is 12.3. The summed E-state index contributed by atoms with van der Waals surface area (Å²) < 4.78 is 0. The Kier molecular flexibility index (Phi) is 3.05. The molecule has 0 aromatic heterocycles. The van der Waals surface area contributed by atoms with Crippen LogP contribution in [0.15, 0.2) is 0 Å². The van der Waals surface area contributed by atoms with E-state index in [-0.39, 0.29) is 11.1 Å². The molecule has 1 spiro atoms. The summed E-state index contributed by atoms with van der Waals surface area (Å²) in [4.78, 5) is 0. The van der Waals surface area contributed by atoms with E-state index in [1.807, 2.05) is 0 Å². The largest absolute Gasteiger partial charge is 0.633 e. The van der Waals surface area contributed by atoms with Crippen LogP contribution in [0.2, 0.25) is 0 Å². The maximum absolute atomic E-state index is 13.3. The number of rotatable bonds is 0. The Labute approximate surface area is 130 Å². The third-order valence-corrected chi connectivity index (χ3v) is 7.27. The van der Waals surface area contributed by atoms with E-state index in [9.17, 15) is 5.21 Å². The van der Waals surface area contributed by atoms with Gasteiger partial charge in [0.25, 0.3) is 0 Å². The molecule has 0 amide bonds. The van der Waals surface area contributed by atoms with Gasteiger partial charge in [0, 0.05) is 31.6 Å². The minimum Gasteiger partial charge on any atom is -0.633 e. The van der Waals surface area contributed by atoms with Crippen LogP contribution < -0.4 is 5.06 Å². The zero-order valence-corrected chi connectivity index (χ0v) is 13.8. The molecule has 4 saturated carbocycles. The van der Waals surface area contributed by atoms with Gasteiger partial charge in [-0.15, -0.1) is 0 Å². The van der Waals surface area contributed by atoms with Gasteiger partial charge in [0.1, 0.15) is 5.54 Å². The first-order valence-corrected chi connectivity index (χ1v) is 9.31. The summed E-state index contributed by atoms with van der Waals surface area (Å²) in [6.07, 6.45) is 8.91. The van der Waals surface area contributed by atoms with Gasteiger partial charge in [-0.2, -0.15) is 0 Å². The fourth-order valence-electron chi connectivity index (χ4n) is 6.35. The zero-order chi connectivity index (χ0) is 14.0. The van der Waals surface area contributed by atoms with Gasteiger partial charge in [0.2, 0.25) is 0 Å². The second-order valence-corrected chi connectivity index (χ2v) is 8.50. The maximum Gasteiger partial charge on any atom is 0.156 e. The average molecular weight is 338 g/mol. The Hall–Kier alpha value is -0.0400. The summed E-state index contributed by atoms with van der Waals surface area (Å²) >= 11 is 3.37. The fourth-order valence-corrected chi connectivity index (χ4v) is 6.49. The Morgan fingerprint density at radius 1 is 1.10 bits per heavy atom. The van der Waals surface area contributed by atoms with E-state index in [0.717, 1.165) is 24.7 Å². The van der Waals surface area contributed by atoms with E-state index in [1.54, 1.807) is 0 Å². The van der Waals surface area contributed by atoms with Gasteiger partial charge >= 0.3 is 0 Å². The molecule has 110 valence electrons. The van der Waals surface area contributed by atoms with Gasteiger partial charge in [0.05, 0.1) is 5.33 Å². The Balaban J connectivity index is 1.69. The summed E-state index contributed by atoms with van der Waals surface area (Å²) in [5.41, 5.74) is -0.327. The Morgan fingerprint density at radius 2 is 1.70 bits per heavy atom. The number of halogens is 1. The van der Waals surface area contributed by atoms with Crippen LogP contribution in [-0.2, 0) is 0 Å². The van der Waals surface area contributed by atoms with Gasteiger partial charge in [0.15, 0.2) is 5.54 Å². The second kappa shape index (κ2) is 4.48. The lowest BCUT2D eigenvalue weighted by molar-refractivity contribution is -0.942. The highest BCUT2D eigenvalue weighted by atomic mass is 79.9. The standard InChI is InChI=1S/C17H24BrNO/c1-16(3-2-6-18)4-5-17(19(16)20)14-8-12-7-13(10-14)11-15(17)9-12/h12-15,19H,4-11H2,1H3. The molecule has 5 rings (SSSR count). The SMILES string of the molecule is CC1(C#CCBr)CCC2(C3CC4CC(C3)CC2C4)[NH+]1[O-]. The van der Waals surface area contributed by atoms with Crippen LogP contribution in [0.4, 0.5) is 0 Å². The highest BCUT2D eigenvalue weighted by Crippen LogP contribution is 2.60. The molecule has 4 bridgehead atoms. The molecule has 2 nitrogen and oxygen atoms in total. The third kappa shape index (κ3) is 1.65.